The fourth-order valence-corrected chi connectivity index (χ4v) is 4.85. The van der Waals surface area contributed by atoms with E-state index in [1.54, 1.807) is 42.5 Å². The molecule has 3 aromatic rings. The number of amides is 1. The number of carbonyl (C=O) groups is 1. The van der Waals surface area contributed by atoms with Crippen molar-refractivity contribution in [2.75, 3.05) is 0 Å². The Kier molecular flexibility index (Phi) is 6.50. The summed E-state index contributed by atoms with van der Waals surface area (Å²) < 4.78 is 31.7. The molecule has 3 aromatic carbocycles. The first kappa shape index (κ1) is 22.3. The summed E-state index contributed by atoms with van der Waals surface area (Å²) in [4.78, 5) is 17.3. The lowest BCUT2D eigenvalue weighted by Gasteiger charge is -2.10. The van der Waals surface area contributed by atoms with Crippen molar-refractivity contribution in [1.29, 1.82) is 0 Å². The molecule has 1 fully saturated rings. The number of aryl methyl sites for hydroxylation is 1. The molecule has 32 heavy (non-hydrogen) atoms. The third-order valence-corrected chi connectivity index (χ3v) is 7.11. The van der Waals surface area contributed by atoms with Crippen LogP contribution >= 0.6 is 27.7 Å². The van der Waals surface area contributed by atoms with E-state index in [0.29, 0.717) is 21.3 Å². The van der Waals surface area contributed by atoms with Gasteiger partial charge in [0.25, 0.3) is 5.91 Å². The second-order valence-corrected chi connectivity index (χ2v) is 10.3. The number of aliphatic imine (C=N–C) groups is 1. The monoisotopic (exact) mass is 528 g/mol. The molecule has 0 aromatic heterocycles. The summed E-state index contributed by atoms with van der Waals surface area (Å²) in [5.41, 5.74) is 2.11. The van der Waals surface area contributed by atoms with E-state index in [1.165, 1.54) is 23.9 Å². The summed E-state index contributed by atoms with van der Waals surface area (Å²) >= 11 is 4.54. The third-order valence-electron chi connectivity index (χ3n) is 4.42. The van der Waals surface area contributed by atoms with Crippen LogP contribution in [0.3, 0.4) is 0 Å². The molecular formula is C23H17BrN2O4S2. The number of halogens is 1. The van der Waals surface area contributed by atoms with Crippen LogP contribution in [0.25, 0.3) is 6.08 Å². The largest absolute Gasteiger partial charge is 0.378 e. The Labute approximate surface area is 198 Å². The predicted octanol–water partition coefficient (Wildman–Crippen LogP) is 5.42. The maximum Gasteiger partial charge on any atom is 0.339 e. The summed E-state index contributed by atoms with van der Waals surface area (Å²) in [5.74, 6) is -0.186. The topological polar surface area (TPSA) is 84.8 Å². The highest BCUT2D eigenvalue weighted by atomic mass is 79.9. The summed E-state index contributed by atoms with van der Waals surface area (Å²) in [5, 5.41) is 3.16. The first-order chi connectivity index (χ1) is 15.3. The first-order valence-electron chi connectivity index (χ1n) is 9.45. The predicted molar refractivity (Wildman–Crippen MR) is 130 cm³/mol. The number of thioether (sulfide) groups is 1. The van der Waals surface area contributed by atoms with Crippen molar-refractivity contribution in [3.8, 4) is 5.75 Å². The maximum atomic E-state index is 12.7. The molecule has 0 saturated carbocycles. The average Bonchev–Trinajstić information content (AvgIpc) is 3.10. The molecule has 1 N–H and O–H groups in total. The Morgan fingerprint density at radius 3 is 2.41 bits per heavy atom. The number of hydrogen-bond donors (Lipinski definition) is 1. The highest BCUT2D eigenvalue weighted by Crippen LogP contribution is 2.32. The van der Waals surface area contributed by atoms with E-state index in [4.69, 9.17) is 4.18 Å². The van der Waals surface area contributed by atoms with Crippen LogP contribution in [-0.2, 0) is 14.9 Å². The molecule has 0 bridgehead atoms. The van der Waals surface area contributed by atoms with E-state index in [0.717, 1.165) is 10.0 Å². The highest BCUT2D eigenvalue weighted by molar-refractivity contribution is 9.10. The smallest absolute Gasteiger partial charge is 0.339 e. The second-order valence-electron chi connectivity index (χ2n) is 6.85. The minimum Gasteiger partial charge on any atom is -0.378 e. The molecule has 6 nitrogen and oxygen atoms in total. The van der Waals surface area contributed by atoms with Gasteiger partial charge in [0.15, 0.2) is 5.17 Å². The van der Waals surface area contributed by atoms with Gasteiger partial charge in [-0.15, -0.1) is 0 Å². The molecule has 0 atom stereocenters. The number of para-hydroxylation sites is 1. The summed E-state index contributed by atoms with van der Waals surface area (Å²) in [6, 6.07) is 20.4. The van der Waals surface area contributed by atoms with Crippen LogP contribution < -0.4 is 9.50 Å². The number of nitrogens with one attached hydrogen (secondary N) is 1. The zero-order valence-electron chi connectivity index (χ0n) is 16.8. The minimum atomic E-state index is -4.02. The number of amidine groups is 1. The molecule has 0 radical (unpaired) electrons. The third kappa shape index (κ3) is 5.29. The molecule has 1 heterocycles. The normalized spacial score (nSPS) is 16.4. The summed E-state index contributed by atoms with van der Waals surface area (Å²) in [6.45, 7) is 1.87. The van der Waals surface area contributed by atoms with Crippen molar-refractivity contribution in [3.63, 3.8) is 0 Å². The Bertz CT molecular complexity index is 1330. The lowest BCUT2D eigenvalue weighted by atomic mass is 10.2. The molecule has 1 saturated heterocycles. The number of hydrogen-bond acceptors (Lipinski definition) is 6. The second kappa shape index (κ2) is 9.32. The maximum absolute atomic E-state index is 12.7. The van der Waals surface area contributed by atoms with Gasteiger partial charge in [-0.1, -0.05) is 51.8 Å². The zero-order valence-corrected chi connectivity index (χ0v) is 20.0. The van der Waals surface area contributed by atoms with Gasteiger partial charge in [-0.05, 0) is 67.2 Å². The minimum absolute atomic E-state index is 0.0578. The Morgan fingerprint density at radius 1 is 1.00 bits per heavy atom. The molecule has 0 aliphatic carbocycles. The van der Waals surface area contributed by atoms with Gasteiger partial charge >= 0.3 is 10.1 Å². The van der Waals surface area contributed by atoms with Crippen molar-refractivity contribution >= 4 is 60.6 Å². The Morgan fingerprint density at radius 2 is 1.69 bits per heavy atom. The molecular weight excluding hydrogens is 512 g/mol. The van der Waals surface area contributed by atoms with E-state index in [2.05, 4.69) is 26.2 Å². The Hall–Kier alpha value is -2.88. The van der Waals surface area contributed by atoms with E-state index < -0.39 is 10.1 Å². The zero-order chi connectivity index (χ0) is 22.7. The van der Waals surface area contributed by atoms with Gasteiger partial charge < -0.3 is 9.50 Å². The van der Waals surface area contributed by atoms with Crippen LogP contribution in [0, 0.1) is 6.92 Å². The summed E-state index contributed by atoms with van der Waals surface area (Å²) in [6.07, 6.45) is 1.59. The fourth-order valence-electron chi connectivity index (χ4n) is 2.80. The number of carbonyl (C=O) groups excluding carboxylic acids is 1. The van der Waals surface area contributed by atoms with Crippen LogP contribution in [0.5, 0.6) is 5.75 Å². The van der Waals surface area contributed by atoms with Crippen molar-refractivity contribution < 1.29 is 17.4 Å². The van der Waals surface area contributed by atoms with Gasteiger partial charge in [0, 0.05) is 10.0 Å². The van der Waals surface area contributed by atoms with Crippen LogP contribution in [-0.4, -0.2) is 19.5 Å². The van der Waals surface area contributed by atoms with Gasteiger partial charge in [0.1, 0.15) is 10.6 Å². The van der Waals surface area contributed by atoms with Crippen molar-refractivity contribution in [3.05, 3.63) is 93.3 Å². The lowest BCUT2D eigenvalue weighted by Crippen LogP contribution is -2.19. The van der Waals surface area contributed by atoms with Crippen LogP contribution in [0.4, 0.5) is 5.69 Å². The van der Waals surface area contributed by atoms with Gasteiger partial charge in [0.2, 0.25) is 0 Å². The van der Waals surface area contributed by atoms with Gasteiger partial charge in [-0.3, -0.25) is 4.79 Å². The summed E-state index contributed by atoms with van der Waals surface area (Å²) in [7, 11) is -4.02. The standard InChI is InChI=1S/C23H17BrN2O4S2/c1-15-6-12-19(13-7-15)32(28,29)30-20-5-3-2-4-16(20)14-21-22(27)26-23(31-21)25-18-10-8-17(24)9-11-18/h2-14H,1H3,(H,25,26,27)/b21-14+. The van der Waals surface area contributed by atoms with E-state index in [-0.39, 0.29) is 16.6 Å². The fraction of sp³-hybridized carbons (Fsp3) is 0.0435. The molecule has 1 aliphatic rings. The van der Waals surface area contributed by atoms with Gasteiger partial charge in [-0.25, -0.2) is 4.99 Å². The SMILES string of the molecule is Cc1ccc(S(=O)(=O)Oc2ccccc2/C=C2/SC(=Nc3ccc(Br)cc3)NC2=O)cc1. The number of benzene rings is 3. The molecule has 1 amide bonds. The molecule has 9 heteroatoms. The lowest BCUT2D eigenvalue weighted by molar-refractivity contribution is -0.115. The van der Waals surface area contributed by atoms with Crippen molar-refractivity contribution in [2.24, 2.45) is 4.99 Å². The molecule has 4 rings (SSSR count). The van der Waals surface area contributed by atoms with Gasteiger partial charge in [-0.2, -0.15) is 8.42 Å². The van der Waals surface area contributed by atoms with Gasteiger partial charge in [0.05, 0.1) is 10.6 Å². The van der Waals surface area contributed by atoms with Crippen molar-refractivity contribution in [2.45, 2.75) is 11.8 Å². The molecule has 1 aliphatic heterocycles. The first-order valence-corrected chi connectivity index (χ1v) is 12.5. The Balaban J connectivity index is 1.59. The molecule has 0 spiro atoms. The molecule has 0 unspecified atom stereocenters. The number of rotatable bonds is 5. The average molecular weight is 529 g/mol. The van der Waals surface area contributed by atoms with E-state index in [1.807, 2.05) is 31.2 Å². The molecule has 162 valence electrons. The van der Waals surface area contributed by atoms with E-state index in [9.17, 15) is 13.2 Å². The van der Waals surface area contributed by atoms with Crippen molar-refractivity contribution in [1.82, 2.24) is 5.32 Å². The van der Waals surface area contributed by atoms with Crippen LogP contribution in [0.15, 0.2) is 92.1 Å². The van der Waals surface area contributed by atoms with Crippen LogP contribution in [0.2, 0.25) is 0 Å². The quantitative estimate of drug-likeness (QED) is 0.353. The highest BCUT2D eigenvalue weighted by Gasteiger charge is 2.25. The number of nitrogens with zero attached hydrogens (tertiary/aromatic N) is 1. The van der Waals surface area contributed by atoms with Crippen LogP contribution in [0.1, 0.15) is 11.1 Å². The van der Waals surface area contributed by atoms with E-state index >= 15 is 0 Å².